The maximum Gasteiger partial charge on any atom is 0.443 e. The highest BCUT2D eigenvalue weighted by Gasteiger charge is 2.36. The first kappa shape index (κ1) is 19.1. The van der Waals surface area contributed by atoms with E-state index in [-0.39, 0.29) is 27.5 Å². The Hall–Kier alpha value is -1.23. The number of anilines is 1. The largest absolute Gasteiger partial charge is 0.443 e. The van der Waals surface area contributed by atoms with Gasteiger partial charge in [-0.1, -0.05) is 11.3 Å². The molecule has 1 saturated heterocycles. The van der Waals surface area contributed by atoms with Crippen LogP contribution < -0.4 is 5.32 Å². The summed E-state index contributed by atoms with van der Waals surface area (Å²) in [6.45, 7) is 3.48. The Morgan fingerprint density at radius 3 is 2.44 bits per heavy atom. The van der Waals surface area contributed by atoms with Gasteiger partial charge in [0, 0.05) is 25.2 Å². The normalized spacial score (nSPS) is 25.0. The summed E-state index contributed by atoms with van der Waals surface area (Å²) in [6, 6.07) is 0.671. The summed E-state index contributed by atoms with van der Waals surface area (Å²) in [5.41, 5.74) is 0.132. The van der Waals surface area contributed by atoms with E-state index in [1.807, 2.05) is 0 Å². The van der Waals surface area contributed by atoms with Crippen LogP contribution in [0.4, 0.5) is 19.0 Å². The van der Waals surface area contributed by atoms with Crippen molar-refractivity contribution in [1.82, 2.24) is 19.9 Å². The molecule has 0 atom stereocenters. The van der Waals surface area contributed by atoms with E-state index in [9.17, 15) is 13.2 Å². The number of aromatic nitrogens is 3. The van der Waals surface area contributed by atoms with Crippen LogP contribution in [-0.2, 0) is 10.9 Å². The molecule has 1 saturated carbocycles. The summed E-state index contributed by atoms with van der Waals surface area (Å²) < 4.78 is 44.3. The minimum atomic E-state index is -4.51. The van der Waals surface area contributed by atoms with Crippen molar-refractivity contribution in [2.45, 2.75) is 43.9 Å². The van der Waals surface area contributed by atoms with Crippen LogP contribution in [0.1, 0.15) is 30.7 Å². The minimum absolute atomic E-state index is 0.0793. The fourth-order valence-corrected chi connectivity index (χ4v) is 4.77. The zero-order valence-electron chi connectivity index (χ0n) is 14.4. The second-order valence-corrected chi connectivity index (χ2v) is 8.13. The molecule has 4 rings (SSSR count). The number of fused-ring (bicyclic) bond motifs is 1. The van der Waals surface area contributed by atoms with Crippen molar-refractivity contribution in [2.75, 3.05) is 31.6 Å². The predicted octanol–water partition coefficient (Wildman–Crippen LogP) is 3.81. The van der Waals surface area contributed by atoms with Gasteiger partial charge < -0.3 is 10.1 Å². The summed E-state index contributed by atoms with van der Waals surface area (Å²) >= 11 is 6.39. The quantitative estimate of drug-likeness (QED) is 0.760. The number of alkyl halides is 3. The number of nitrogens with one attached hydrogen (secondary N) is 1. The molecular formula is C16H19ClF3N5OS. The standard InChI is InChI=1S/C16H19ClF3N5OS/c17-15-23-12(11-13(24-15)27-14(22-11)16(18,19)20)21-9-1-3-10(4-2-9)25-5-7-26-8-6-25/h9-10H,1-8H2,(H,21,23,24)/t9-,10-. The first-order chi connectivity index (χ1) is 12.9. The Balaban J connectivity index is 1.46. The van der Waals surface area contributed by atoms with Crippen LogP contribution in [0.15, 0.2) is 0 Å². The average Bonchev–Trinajstić information content (AvgIpc) is 3.08. The van der Waals surface area contributed by atoms with Gasteiger partial charge in [0.1, 0.15) is 5.52 Å². The average molecular weight is 422 g/mol. The molecule has 27 heavy (non-hydrogen) atoms. The van der Waals surface area contributed by atoms with Gasteiger partial charge >= 0.3 is 6.18 Å². The van der Waals surface area contributed by atoms with Crippen LogP contribution in [0.25, 0.3) is 10.3 Å². The number of nitrogens with zero attached hydrogens (tertiary/aromatic N) is 4. The zero-order chi connectivity index (χ0) is 19.0. The molecule has 1 aliphatic heterocycles. The third-order valence-corrected chi connectivity index (χ3v) is 6.24. The van der Waals surface area contributed by atoms with Crippen molar-refractivity contribution < 1.29 is 17.9 Å². The highest BCUT2D eigenvalue weighted by molar-refractivity contribution is 7.18. The van der Waals surface area contributed by atoms with E-state index < -0.39 is 11.2 Å². The molecular weight excluding hydrogens is 403 g/mol. The van der Waals surface area contributed by atoms with Gasteiger partial charge in [-0.05, 0) is 37.3 Å². The lowest BCUT2D eigenvalue weighted by molar-refractivity contribution is -0.137. The molecule has 0 aromatic carbocycles. The van der Waals surface area contributed by atoms with Gasteiger partial charge in [-0.15, -0.1) is 0 Å². The number of morpholine rings is 1. The Kier molecular flexibility index (Phi) is 5.41. The van der Waals surface area contributed by atoms with Gasteiger partial charge in [-0.25, -0.2) is 9.97 Å². The zero-order valence-corrected chi connectivity index (χ0v) is 16.0. The van der Waals surface area contributed by atoms with Gasteiger partial charge in [-0.2, -0.15) is 18.2 Å². The molecule has 1 N–H and O–H groups in total. The number of ether oxygens (including phenoxy) is 1. The molecule has 2 aliphatic rings. The fraction of sp³-hybridized carbons (Fsp3) is 0.688. The highest BCUT2D eigenvalue weighted by atomic mass is 35.5. The Morgan fingerprint density at radius 1 is 1.07 bits per heavy atom. The van der Waals surface area contributed by atoms with Crippen LogP contribution in [-0.4, -0.2) is 58.2 Å². The van der Waals surface area contributed by atoms with Crippen molar-refractivity contribution in [3.05, 3.63) is 10.3 Å². The lowest BCUT2D eigenvalue weighted by atomic mass is 9.90. The molecule has 0 amide bonds. The summed E-state index contributed by atoms with van der Waals surface area (Å²) in [7, 11) is 0. The first-order valence-corrected chi connectivity index (χ1v) is 10.1. The third-order valence-electron chi connectivity index (χ3n) is 5.07. The van der Waals surface area contributed by atoms with Gasteiger partial charge in [0.25, 0.3) is 0 Å². The maximum absolute atomic E-state index is 13.0. The van der Waals surface area contributed by atoms with Crippen molar-refractivity contribution >= 4 is 39.1 Å². The number of hydrogen-bond acceptors (Lipinski definition) is 7. The number of thiazole rings is 1. The van der Waals surface area contributed by atoms with Crippen LogP contribution >= 0.6 is 22.9 Å². The molecule has 6 nitrogen and oxygen atoms in total. The molecule has 2 fully saturated rings. The summed E-state index contributed by atoms with van der Waals surface area (Å²) in [6.07, 6.45) is -0.608. The number of halogens is 4. The van der Waals surface area contributed by atoms with Crippen molar-refractivity contribution in [1.29, 1.82) is 0 Å². The predicted molar refractivity (Wildman–Crippen MR) is 97.3 cm³/mol. The lowest BCUT2D eigenvalue weighted by Crippen LogP contribution is -2.46. The second kappa shape index (κ2) is 7.65. The monoisotopic (exact) mass is 421 g/mol. The molecule has 148 valence electrons. The highest BCUT2D eigenvalue weighted by Crippen LogP contribution is 2.37. The molecule has 11 heteroatoms. The van der Waals surface area contributed by atoms with E-state index in [0.717, 1.165) is 52.0 Å². The van der Waals surface area contributed by atoms with Gasteiger partial charge in [0.2, 0.25) is 10.3 Å². The third kappa shape index (κ3) is 4.28. The second-order valence-electron chi connectivity index (χ2n) is 6.81. The van der Waals surface area contributed by atoms with Gasteiger partial charge in [-0.3, -0.25) is 4.90 Å². The molecule has 0 bridgehead atoms. The summed E-state index contributed by atoms with van der Waals surface area (Å²) in [5, 5.41) is 2.23. The smallest absolute Gasteiger partial charge is 0.379 e. The molecule has 1 aliphatic carbocycles. The van der Waals surface area contributed by atoms with Crippen LogP contribution in [0.2, 0.25) is 5.28 Å². The number of rotatable bonds is 3. The fourth-order valence-electron chi connectivity index (χ4n) is 3.74. The maximum atomic E-state index is 13.0. The molecule has 0 spiro atoms. The van der Waals surface area contributed by atoms with Gasteiger partial charge in [0.05, 0.1) is 13.2 Å². The van der Waals surface area contributed by atoms with Gasteiger partial charge in [0.15, 0.2) is 10.6 Å². The first-order valence-electron chi connectivity index (χ1n) is 8.90. The number of hydrogen-bond donors (Lipinski definition) is 1. The van der Waals surface area contributed by atoms with E-state index >= 15 is 0 Å². The summed E-state index contributed by atoms with van der Waals surface area (Å²) in [5.74, 6) is 0.284. The van der Waals surface area contributed by atoms with E-state index in [1.54, 1.807) is 0 Å². The molecule has 0 radical (unpaired) electrons. The van der Waals surface area contributed by atoms with Crippen LogP contribution in [0.5, 0.6) is 0 Å². The lowest BCUT2D eigenvalue weighted by Gasteiger charge is -2.39. The van der Waals surface area contributed by atoms with Crippen molar-refractivity contribution in [2.24, 2.45) is 0 Å². The molecule has 2 aromatic heterocycles. The van der Waals surface area contributed by atoms with Crippen LogP contribution in [0, 0.1) is 0 Å². The molecule has 0 unspecified atom stereocenters. The Morgan fingerprint density at radius 2 is 1.78 bits per heavy atom. The Labute approximate surface area is 163 Å². The minimum Gasteiger partial charge on any atom is -0.379 e. The van der Waals surface area contributed by atoms with E-state index in [1.165, 1.54) is 0 Å². The van der Waals surface area contributed by atoms with Crippen LogP contribution in [0.3, 0.4) is 0 Å². The van der Waals surface area contributed by atoms with E-state index in [0.29, 0.717) is 17.4 Å². The Bertz CT molecular complexity index is 803. The van der Waals surface area contributed by atoms with Crippen molar-refractivity contribution in [3.63, 3.8) is 0 Å². The molecule has 2 aromatic rings. The summed E-state index contributed by atoms with van der Waals surface area (Å²) in [4.78, 5) is 14.3. The topological polar surface area (TPSA) is 63.2 Å². The molecule has 3 heterocycles. The van der Waals surface area contributed by atoms with Crippen molar-refractivity contribution in [3.8, 4) is 0 Å². The van der Waals surface area contributed by atoms with E-state index in [4.69, 9.17) is 16.3 Å². The van der Waals surface area contributed by atoms with E-state index in [2.05, 4.69) is 25.2 Å². The SMILES string of the molecule is FC(F)(F)c1nc2c(N[C@H]3CC[C@H](N4CCOCC4)CC3)nc(Cl)nc2s1.